The number of benzene rings is 3. The molecule has 0 aliphatic rings. The van der Waals surface area contributed by atoms with E-state index in [0.29, 0.717) is 28.5 Å². The molecule has 0 saturated carbocycles. The first kappa shape index (κ1) is 22.0. The van der Waals surface area contributed by atoms with Crippen LogP contribution in [0.5, 0.6) is 11.5 Å². The van der Waals surface area contributed by atoms with E-state index in [1.165, 1.54) is 7.11 Å². The zero-order valence-electron chi connectivity index (χ0n) is 18.6. The van der Waals surface area contributed by atoms with Crippen molar-refractivity contribution in [3.05, 3.63) is 83.6 Å². The number of methoxy groups -OCH3 is 1. The Morgan fingerprint density at radius 2 is 1.73 bits per heavy atom. The highest BCUT2D eigenvalue weighted by Gasteiger charge is 2.15. The summed E-state index contributed by atoms with van der Waals surface area (Å²) in [6.07, 6.45) is 0. The van der Waals surface area contributed by atoms with Gasteiger partial charge in [0.1, 0.15) is 17.1 Å². The number of hydrogen-bond acceptors (Lipinski definition) is 5. The summed E-state index contributed by atoms with van der Waals surface area (Å²) in [6, 6.07) is 19.8. The molecule has 0 saturated heterocycles. The molecule has 1 heterocycles. The smallest absolute Gasteiger partial charge is 0.291 e. The minimum atomic E-state index is -0.400. The van der Waals surface area contributed by atoms with Crippen molar-refractivity contribution >= 4 is 34.2 Å². The fourth-order valence-electron chi connectivity index (χ4n) is 3.45. The van der Waals surface area contributed by atoms with Crippen LogP contribution in [0.15, 0.2) is 71.1 Å². The van der Waals surface area contributed by atoms with Crippen LogP contribution in [0.4, 0.5) is 11.4 Å². The van der Waals surface area contributed by atoms with E-state index in [-0.39, 0.29) is 18.3 Å². The minimum Gasteiger partial charge on any atom is -0.494 e. The number of fused-ring (bicyclic) bond motifs is 1. The monoisotopic (exact) mass is 444 g/mol. The standard InChI is InChI=1S/C26H24N2O5/c1-16-8-11-21(17(2)12-16)32-15-25(29)27-19-9-10-20(23(14-19)31-3)28-26(30)24-13-18-6-4-5-7-22(18)33-24/h4-14H,15H2,1-3H3,(H,27,29)(H,28,30). The summed E-state index contributed by atoms with van der Waals surface area (Å²) in [7, 11) is 1.49. The Labute approximate surface area is 191 Å². The average molecular weight is 444 g/mol. The molecule has 4 rings (SSSR count). The maximum absolute atomic E-state index is 12.6. The molecule has 0 radical (unpaired) electrons. The number of rotatable bonds is 7. The molecule has 7 heteroatoms. The van der Waals surface area contributed by atoms with Crippen LogP contribution >= 0.6 is 0 Å². The largest absolute Gasteiger partial charge is 0.494 e. The van der Waals surface area contributed by atoms with Gasteiger partial charge in [-0.1, -0.05) is 35.9 Å². The fourth-order valence-corrected chi connectivity index (χ4v) is 3.45. The molecule has 2 N–H and O–H groups in total. The first-order chi connectivity index (χ1) is 15.9. The van der Waals surface area contributed by atoms with Gasteiger partial charge in [0.2, 0.25) is 0 Å². The molecule has 0 atom stereocenters. The van der Waals surface area contributed by atoms with Crippen molar-refractivity contribution in [3.8, 4) is 11.5 Å². The highest BCUT2D eigenvalue weighted by atomic mass is 16.5. The zero-order chi connectivity index (χ0) is 23.4. The summed E-state index contributed by atoms with van der Waals surface area (Å²) < 4.78 is 16.6. The third-order valence-electron chi connectivity index (χ3n) is 5.07. The Balaban J connectivity index is 1.40. The molecule has 0 fully saturated rings. The van der Waals surface area contributed by atoms with Crippen LogP contribution in [0.1, 0.15) is 21.7 Å². The van der Waals surface area contributed by atoms with E-state index in [2.05, 4.69) is 10.6 Å². The quantitative estimate of drug-likeness (QED) is 0.402. The van der Waals surface area contributed by atoms with Crippen molar-refractivity contribution in [1.29, 1.82) is 0 Å². The van der Waals surface area contributed by atoms with Crippen molar-refractivity contribution in [2.45, 2.75) is 13.8 Å². The first-order valence-corrected chi connectivity index (χ1v) is 10.4. The Hall–Kier alpha value is -4.26. The maximum atomic E-state index is 12.6. The topological polar surface area (TPSA) is 89.8 Å². The SMILES string of the molecule is COc1cc(NC(=O)COc2ccc(C)cc2C)ccc1NC(=O)c1cc2ccccc2o1. The molecular weight excluding hydrogens is 420 g/mol. The molecule has 2 amide bonds. The predicted octanol–water partition coefficient (Wildman–Crippen LogP) is 5.33. The Kier molecular flexibility index (Phi) is 6.31. The second kappa shape index (κ2) is 9.48. The summed E-state index contributed by atoms with van der Waals surface area (Å²) in [5, 5.41) is 6.40. The van der Waals surface area contributed by atoms with Gasteiger partial charge in [0.15, 0.2) is 12.4 Å². The average Bonchev–Trinajstić information content (AvgIpc) is 3.24. The van der Waals surface area contributed by atoms with Gasteiger partial charge in [-0.15, -0.1) is 0 Å². The van der Waals surface area contributed by atoms with Crippen LogP contribution in [0, 0.1) is 13.8 Å². The molecule has 3 aromatic carbocycles. The molecule has 0 aliphatic heterocycles. The fraction of sp³-hybridized carbons (Fsp3) is 0.154. The van der Waals surface area contributed by atoms with Gasteiger partial charge in [-0.3, -0.25) is 9.59 Å². The highest BCUT2D eigenvalue weighted by molar-refractivity contribution is 6.05. The van der Waals surface area contributed by atoms with E-state index in [1.807, 2.05) is 50.2 Å². The molecule has 7 nitrogen and oxygen atoms in total. The Morgan fingerprint density at radius 1 is 0.909 bits per heavy atom. The van der Waals surface area contributed by atoms with Crippen LogP contribution in [0.3, 0.4) is 0 Å². The lowest BCUT2D eigenvalue weighted by molar-refractivity contribution is -0.118. The number of carbonyl (C=O) groups is 2. The third kappa shape index (κ3) is 5.15. The molecule has 0 bridgehead atoms. The number of ether oxygens (including phenoxy) is 2. The summed E-state index contributed by atoms with van der Waals surface area (Å²) >= 11 is 0. The van der Waals surface area contributed by atoms with Crippen molar-refractivity contribution in [3.63, 3.8) is 0 Å². The van der Waals surface area contributed by atoms with E-state index in [9.17, 15) is 9.59 Å². The lowest BCUT2D eigenvalue weighted by Crippen LogP contribution is -2.20. The van der Waals surface area contributed by atoms with Gasteiger partial charge in [0.25, 0.3) is 11.8 Å². The second-order valence-electron chi connectivity index (χ2n) is 7.62. The van der Waals surface area contributed by atoms with Gasteiger partial charge in [-0.25, -0.2) is 0 Å². The number of nitrogens with one attached hydrogen (secondary N) is 2. The molecule has 0 unspecified atom stereocenters. The number of aryl methyl sites for hydroxylation is 2. The van der Waals surface area contributed by atoms with Gasteiger partial charge < -0.3 is 24.5 Å². The van der Waals surface area contributed by atoms with Gasteiger partial charge in [-0.2, -0.15) is 0 Å². The number of carbonyl (C=O) groups excluding carboxylic acids is 2. The first-order valence-electron chi connectivity index (χ1n) is 10.4. The van der Waals surface area contributed by atoms with E-state index in [4.69, 9.17) is 13.9 Å². The lowest BCUT2D eigenvalue weighted by atomic mass is 10.1. The van der Waals surface area contributed by atoms with Crippen LogP contribution in [-0.2, 0) is 4.79 Å². The number of furan rings is 1. The summed E-state index contributed by atoms with van der Waals surface area (Å²) in [6.45, 7) is 3.81. The van der Waals surface area contributed by atoms with Gasteiger partial charge >= 0.3 is 0 Å². The summed E-state index contributed by atoms with van der Waals surface area (Å²) in [4.78, 5) is 25.0. The Bertz CT molecular complexity index is 1290. The normalized spacial score (nSPS) is 10.6. The molecular formula is C26H24N2O5. The van der Waals surface area contributed by atoms with Gasteiger partial charge in [0.05, 0.1) is 12.8 Å². The Morgan fingerprint density at radius 3 is 2.48 bits per heavy atom. The van der Waals surface area contributed by atoms with E-state index < -0.39 is 5.91 Å². The summed E-state index contributed by atoms with van der Waals surface area (Å²) in [5.41, 5.74) is 3.70. The van der Waals surface area contributed by atoms with E-state index >= 15 is 0 Å². The molecule has 168 valence electrons. The molecule has 0 spiro atoms. The van der Waals surface area contributed by atoms with Crippen LogP contribution in [0.2, 0.25) is 0 Å². The highest BCUT2D eigenvalue weighted by Crippen LogP contribution is 2.29. The minimum absolute atomic E-state index is 0.128. The number of anilines is 2. The van der Waals surface area contributed by atoms with Crippen molar-refractivity contribution in [2.75, 3.05) is 24.4 Å². The predicted molar refractivity (Wildman–Crippen MR) is 127 cm³/mol. The van der Waals surface area contributed by atoms with E-state index in [0.717, 1.165) is 16.5 Å². The van der Waals surface area contributed by atoms with Crippen LogP contribution < -0.4 is 20.1 Å². The number of hydrogen-bond donors (Lipinski definition) is 2. The second-order valence-corrected chi connectivity index (χ2v) is 7.62. The molecule has 0 aliphatic carbocycles. The van der Waals surface area contributed by atoms with Crippen molar-refractivity contribution in [2.24, 2.45) is 0 Å². The van der Waals surface area contributed by atoms with E-state index in [1.54, 1.807) is 30.3 Å². The van der Waals surface area contributed by atoms with Crippen molar-refractivity contribution < 1.29 is 23.5 Å². The zero-order valence-corrected chi connectivity index (χ0v) is 18.6. The van der Waals surface area contributed by atoms with Crippen LogP contribution in [-0.4, -0.2) is 25.5 Å². The molecule has 4 aromatic rings. The van der Waals surface area contributed by atoms with Gasteiger partial charge in [-0.05, 0) is 49.7 Å². The molecule has 33 heavy (non-hydrogen) atoms. The molecule has 1 aromatic heterocycles. The summed E-state index contributed by atoms with van der Waals surface area (Å²) in [5.74, 6) is 0.544. The maximum Gasteiger partial charge on any atom is 0.291 e. The number of amides is 2. The third-order valence-corrected chi connectivity index (χ3v) is 5.07. The number of para-hydroxylation sites is 1. The van der Waals surface area contributed by atoms with Crippen LogP contribution in [0.25, 0.3) is 11.0 Å². The van der Waals surface area contributed by atoms with Crippen molar-refractivity contribution in [1.82, 2.24) is 0 Å². The lowest BCUT2D eigenvalue weighted by Gasteiger charge is -2.13. The van der Waals surface area contributed by atoms with Gasteiger partial charge in [0, 0.05) is 17.1 Å².